The van der Waals surface area contributed by atoms with Gasteiger partial charge in [-0.15, -0.1) is 16.4 Å². The SMILES string of the molecule is CC(C)(O)c1cn([C@@H]2C[C@@H]3CN(Cc4csc5ccccc45)C[C@@H]3C[C@H]2O)nn1. The molecule has 2 aromatic heterocycles. The van der Waals surface area contributed by atoms with Gasteiger partial charge in [-0.3, -0.25) is 4.90 Å². The van der Waals surface area contributed by atoms with E-state index in [0.717, 1.165) is 32.5 Å². The van der Waals surface area contributed by atoms with Crippen LogP contribution in [0.25, 0.3) is 10.1 Å². The summed E-state index contributed by atoms with van der Waals surface area (Å²) in [6.45, 7) is 6.50. The van der Waals surface area contributed by atoms with Crippen LogP contribution >= 0.6 is 11.3 Å². The Bertz CT molecular complexity index is 1010. The highest BCUT2D eigenvalue weighted by Crippen LogP contribution is 2.42. The number of nitrogens with zero attached hydrogens (tertiary/aromatic N) is 4. The van der Waals surface area contributed by atoms with Crippen LogP contribution in [0.5, 0.6) is 0 Å². The fourth-order valence-electron chi connectivity index (χ4n) is 5.03. The maximum Gasteiger partial charge on any atom is 0.114 e. The summed E-state index contributed by atoms with van der Waals surface area (Å²) in [6, 6.07) is 8.55. The highest BCUT2D eigenvalue weighted by molar-refractivity contribution is 7.17. The van der Waals surface area contributed by atoms with Crippen molar-refractivity contribution in [3.8, 4) is 0 Å². The van der Waals surface area contributed by atoms with E-state index in [4.69, 9.17) is 0 Å². The normalized spacial score (nSPS) is 28.1. The highest BCUT2D eigenvalue weighted by atomic mass is 32.1. The Hall–Kier alpha value is -1.80. The van der Waals surface area contributed by atoms with Crippen molar-refractivity contribution >= 4 is 21.4 Å². The summed E-state index contributed by atoms with van der Waals surface area (Å²) in [4.78, 5) is 2.54. The van der Waals surface area contributed by atoms with Gasteiger partial charge >= 0.3 is 0 Å². The molecule has 1 aliphatic carbocycles. The van der Waals surface area contributed by atoms with Gasteiger partial charge in [0.2, 0.25) is 0 Å². The molecule has 7 heteroatoms. The van der Waals surface area contributed by atoms with Crippen molar-refractivity contribution in [1.82, 2.24) is 19.9 Å². The zero-order valence-corrected chi connectivity index (χ0v) is 17.7. The third-order valence-electron chi connectivity index (χ3n) is 6.62. The number of likely N-dealkylation sites (tertiary alicyclic amines) is 1. The minimum atomic E-state index is -1.02. The zero-order chi connectivity index (χ0) is 20.2. The second-order valence-electron chi connectivity index (χ2n) is 9.22. The van der Waals surface area contributed by atoms with Crippen LogP contribution in [0.3, 0.4) is 0 Å². The molecule has 3 heterocycles. The van der Waals surface area contributed by atoms with Crippen molar-refractivity contribution in [2.24, 2.45) is 11.8 Å². The molecule has 0 spiro atoms. The fraction of sp³-hybridized carbons (Fsp3) is 0.545. The second kappa shape index (κ2) is 7.16. The molecular weight excluding hydrogens is 384 g/mol. The number of aromatic nitrogens is 3. The van der Waals surface area contributed by atoms with E-state index < -0.39 is 11.7 Å². The van der Waals surface area contributed by atoms with Gasteiger partial charge in [-0.25, -0.2) is 4.68 Å². The van der Waals surface area contributed by atoms with Crippen molar-refractivity contribution in [2.45, 2.75) is 51.0 Å². The Morgan fingerprint density at radius 1 is 1.17 bits per heavy atom. The van der Waals surface area contributed by atoms with E-state index in [9.17, 15) is 10.2 Å². The summed E-state index contributed by atoms with van der Waals surface area (Å²) >= 11 is 1.82. The van der Waals surface area contributed by atoms with E-state index in [1.165, 1.54) is 15.6 Å². The summed E-state index contributed by atoms with van der Waals surface area (Å²) in [5.41, 5.74) is 0.935. The molecule has 0 radical (unpaired) electrons. The van der Waals surface area contributed by atoms with Gasteiger partial charge in [0.15, 0.2) is 0 Å². The predicted molar refractivity (Wildman–Crippen MR) is 114 cm³/mol. The summed E-state index contributed by atoms with van der Waals surface area (Å²) in [6.07, 6.45) is 3.07. The van der Waals surface area contributed by atoms with Crippen LogP contribution < -0.4 is 0 Å². The number of benzene rings is 1. The van der Waals surface area contributed by atoms with Crippen LogP contribution in [-0.2, 0) is 12.1 Å². The Kier molecular flexibility index (Phi) is 4.74. The largest absolute Gasteiger partial charge is 0.391 e. The van der Waals surface area contributed by atoms with Gasteiger partial charge < -0.3 is 10.2 Å². The molecule has 154 valence electrons. The van der Waals surface area contributed by atoms with Gasteiger partial charge in [0, 0.05) is 24.3 Å². The van der Waals surface area contributed by atoms with Gasteiger partial charge in [-0.2, -0.15) is 0 Å². The second-order valence-corrected chi connectivity index (χ2v) is 10.1. The highest BCUT2D eigenvalue weighted by Gasteiger charge is 2.43. The van der Waals surface area contributed by atoms with Crippen molar-refractivity contribution < 1.29 is 10.2 Å². The number of thiophene rings is 1. The third-order valence-corrected chi connectivity index (χ3v) is 7.63. The van der Waals surface area contributed by atoms with Crippen molar-refractivity contribution in [1.29, 1.82) is 0 Å². The summed E-state index contributed by atoms with van der Waals surface area (Å²) in [7, 11) is 0. The van der Waals surface area contributed by atoms with Crippen LogP contribution in [0.1, 0.15) is 44.0 Å². The van der Waals surface area contributed by atoms with Gasteiger partial charge in [0.25, 0.3) is 0 Å². The number of hydrogen-bond acceptors (Lipinski definition) is 6. The molecule has 2 aliphatic rings. The fourth-order valence-corrected chi connectivity index (χ4v) is 5.99. The third kappa shape index (κ3) is 3.61. The van der Waals surface area contributed by atoms with Crippen LogP contribution in [0.4, 0.5) is 0 Å². The first-order valence-electron chi connectivity index (χ1n) is 10.4. The number of hydrogen-bond donors (Lipinski definition) is 2. The maximum absolute atomic E-state index is 10.8. The lowest BCUT2D eigenvalue weighted by Crippen LogP contribution is -2.36. The predicted octanol–water partition coefficient (Wildman–Crippen LogP) is 3.16. The van der Waals surface area contributed by atoms with Crippen LogP contribution in [0.15, 0.2) is 35.8 Å². The van der Waals surface area contributed by atoms with Gasteiger partial charge in [0.1, 0.15) is 11.3 Å². The molecule has 2 fully saturated rings. The molecule has 6 nitrogen and oxygen atoms in total. The molecule has 1 saturated carbocycles. The van der Waals surface area contributed by atoms with Gasteiger partial charge in [-0.1, -0.05) is 23.4 Å². The van der Waals surface area contributed by atoms with Gasteiger partial charge in [-0.05, 0) is 60.9 Å². The van der Waals surface area contributed by atoms with E-state index in [0.29, 0.717) is 17.5 Å². The number of aliphatic hydroxyl groups is 2. The Morgan fingerprint density at radius 2 is 1.93 bits per heavy atom. The van der Waals surface area contributed by atoms with E-state index >= 15 is 0 Å². The first-order chi connectivity index (χ1) is 13.9. The molecule has 1 saturated heterocycles. The molecular formula is C22H28N4O2S. The Morgan fingerprint density at radius 3 is 2.69 bits per heavy atom. The molecule has 1 aromatic carbocycles. The van der Waals surface area contributed by atoms with E-state index in [-0.39, 0.29) is 6.04 Å². The van der Waals surface area contributed by atoms with Gasteiger partial charge in [0.05, 0.1) is 18.3 Å². The van der Waals surface area contributed by atoms with E-state index in [1.54, 1.807) is 24.7 Å². The molecule has 29 heavy (non-hydrogen) atoms. The van der Waals surface area contributed by atoms with Crippen molar-refractivity contribution in [2.75, 3.05) is 13.1 Å². The molecule has 4 atom stereocenters. The molecule has 5 rings (SSSR count). The minimum Gasteiger partial charge on any atom is -0.391 e. The summed E-state index contributed by atoms with van der Waals surface area (Å²) in [5.74, 6) is 1.09. The Balaban J connectivity index is 1.29. The lowest BCUT2D eigenvalue weighted by atomic mass is 9.77. The smallest absolute Gasteiger partial charge is 0.114 e. The minimum absolute atomic E-state index is 0.0678. The maximum atomic E-state index is 10.8. The van der Waals surface area contributed by atoms with Crippen LogP contribution in [0, 0.1) is 11.8 Å². The van der Waals surface area contributed by atoms with Crippen LogP contribution in [0.2, 0.25) is 0 Å². The molecule has 3 aromatic rings. The quantitative estimate of drug-likeness (QED) is 0.689. The topological polar surface area (TPSA) is 74.4 Å². The monoisotopic (exact) mass is 412 g/mol. The molecule has 0 unspecified atom stereocenters. The van der Waals surface area contributed by atoms with E-state index in [2.05, 4.69) is 44.9 Å². The van der Waals surface area contributed by atoms with Crippen molar-refractivity contribution in [3.05, 3.63) is 47.1 Å². The molecule has 1 aliphatic heterocycles. The zero-order valence-electron chi connectivity index (χ0n) is 16.9. The summed E-state index contributed by atoms with van der Waals surface area (Å²) < 4.78 is 3.12. The first-order valence-corrected chi connectivity index (χ1v) is 11.3. The average molecular weight is 413 g/mol. The van der Waals surface area contributed by atoms with Crippen LogP contribution in [-0.4, -0.2) is 49.3 Å². The van der Waals surface area contributed by atoms with E-state index in [1.807, 2.05) is 11.3 Å². The number of fused-ring (bicyclic) bond motifs is 2. The summed E-state index contributed by atoms with van der Waals surface area (Å²) in [5, 5.41) is 33.0. The molecule has 0 amide bonds. The molecule has 2 N–H and O–H groups in total. The number of rotatable bonds is 4. The molecule has 0 bridgehead atoms. The lowest BCUT2D eigenvalue weighted by molar-refractivity contribution is 0.0296. The Labute approximate surface area is 174 Å². The standard InChI is InChI=1S/C22H28N4O2S/c1-22(2,28)21-12-26(24-23-21)18-7-14-9-25(10-15(14)8-19(18)27)11-16-13-29-20-6-4-3-5-17(16)20/h3-6,12-15,18-19,27-28H,7-11H2,1-2H3/t14-,15+,18-,19-/m1/s1. The average Bonchev–Trinajstić information content (AvgIpc) is 3.39. The first kappa shape index (κ1) is 19.2. The number of aliphatic hydroxyl groups excluding tert-OH is 1. The van der Waals surface area contributed by atoms with Crippen molar-refractivity contribution in [3.63, 3.8) is 0 Å². The lowest BCUT2D eigenvalue weighted by Gasteiger charge is -2.35.